The molecular formula is C32H58O14. The fourth-order valence-electron chi connectivity index (χ4n) is 3.02. The lowest BCUT2D eigenvalue weighted by Crippen LogP contribution is -2.15. The fraction of sp³-hybridized carbons (Fsp3) is 0.875. The molecule has 0 aromatic rings. The molecule has 0 unspecified atom stereocenters. The van der Waals surface area contributed by atoms with Crippen LogP contribution in [-0.4, -0.2) is 185 Å². The predicted octanol–water partition coefficient (Wildman–Crippen LogP) is 0.485. The van der Waals surface area contributed by atoms with Crippen LogP contribution < -0.4 is 0 Å². The van der Waals surface area contributed by atoms with Crippen LogP contribution in [0.1, 0.15) is 0 Å². The number of ether oxygens (including phenoxy) is 14. The van der Waals surface area contributed by atoms with Crippen molar-refractivity contribution in [3.05, 3.63) is 0 Å². The summed E-state index contributed by atoms with van der Waals surface area (Å²) in [6, 6.07) is 0. The van der Waals surface area contributed by atoms with Gasteiger partial charge in [0.05, 0.1) is 172 Å². The summed E-state index contributed by atoms with van der Waals surface area (Å²) in [5.74, 6) is 4.79. The van der Waals surface area contributed by atoms with Gasteiger partial charge in [-0.2, -0.15) is 0 Å². The fourth-order valence-corrected chi connectivity index (χ4v) is 3.02. The van der Waals surface area contributed by atoms with E-state index in [9.17, 15) is 0 Å². The minimum atomic E-state index is 0.305. The van der Waals surface area contributed by atoms with Gasteiger partial charge in [-0.25, -0.2) is 0 Å². The van der Waals surface area contributed by atoms with Gasteiger partial charge in [-0.1, -0.05) is 11.8 Å². The van der Waals surface area contributed by atoms with Crippen molar-refractivity contribution in [3.8, 4) is 24.7 Å². The lowest BCUT2D eigenvalue weighted by atomic mass is 10.6. The third-order valence-electron chi connectivity index (χ3n) is 5.21. The highest BCUT2D eigenvalue weighted by atomic mass is 16.6. The standard InChI is InChI=1S/C32H58O14/c1-3-5-33-7-9-35-11-13-37-15-17-39-19-21-41-23-25-43-27-29-45-31-32-46-30-28-44-26-24-42-22-20-40-18-16-38-14-12-36-10-8-34-6-4-2/h1-2H,5-32H2. The average Bonchev–Trinajstić information content (AvgIpc) is 3.07. The Morgan fingerprint density at radius 2 is 0.304 bits per heavy atom. The van der Waals surface area contributed by atoms with E-state index < -0.39 is 0 Å². The van der Waals surface area contributed by atoms with Crippen molar-refractivity contribution in [1.29, 1.82) is 0 Å². The van der Waals surface area contributed by atoms with Gasteiger partial charge in [0.1, 0.15) is 13.2 Å². The molecule has 14 heteroatoms. The van der Waals surface area contributed by atoms with E-state index in [1.54, 1.807) is 0 Å². The minimum Gasteiger partial charge on any atom is -0.377 e. The van der Waals surface area contributed by atoms with E-state index in [-0.39, 0.29) is 0 Å². The Bertz CT molecular complexity index is 589. The maximum Gasteiger partial charge on any atom is 0.107 e. The van der Waals surface area contributed by atoms with Gasteiger partial charge < -0.3 is 66.3 Å². The Hall–Kier alpha value is -1.44. The maximum atomic E-state index is 5.47. The van der Waals surface area contributed by atoms with E-state index in [1.165, 1.54) is 0 Å². The van der Waals surface area contributed by atoms with Crippen LogP contribution in [0.4, 0.5) is 0 Å². The molecule has 0 spiro atoms. The summed E-state index contributed by atoms with van der Waals surface area (Å²) in [6.45, 7) is 13.7. The Balaban J connectivity index is 3.04. The minimum absolute atomic E-state index is 0.305. The van der Waals surface area contributed by atoms with Crippen molar-refractivity contribution in [1.82, 2.24) is 0 Å². The Morgan fingerprint density at radius 1 is 0.196 bits per heavy atom. The summed E-state index contributed by atoms with van der Waals surface area (Å²) in [4.78, 5) is 0. The predicted molar refractivity (Wildman–Crippen MR) is 169 cm³/mol. The van der Waals surface area contributed by atoms with Crippen LogP contribution in [0.25, 0.3) is 0 Å². The molecule has 0 aliphatic carbocycles. The number of terminal acetylenes is 2. The zero-order chi connectivity index (χ0) is 33.1. The first kappa shape index (κ1) is 44.6. The third-order valence-corrected chi connectivity index (χ3v) is 5.21. The molecule has 0 heterocycles. The first-order valence-electron chi connectivity index (χ1n) is 15.9. The molecule has 0 radical (unpaired) electrons. The Morgan fingerprint density at radius 3 is 0.413 bits per heavy atom. The summed E-state index contributed by atoms with van der Waals surface area (Å²) in [5, 5.41) is 0. The van der Waals surface area contributed by atoms with Gasteiger partial charge in [0.2, 0.25) is 0 Å². The van der Waals surface area contributed by atoms with Gasteiger partial charge in [0.15, 0.2) is 0 Å². The summed E-state index contributed by atoms with van der Waals surface area (Å²) < 4.78 is 75.3. The highest BCUT2D eigenvalue weighted by molar-refractivity contribution is 4.83. The van der Waals surface area contributed by atoms with Gasteiger partial charge in [-0.05, 0) is 0 Å². The Kier molecular flexibility index (Phi) is 42.2. The second kappa shape index (κ2) is 43.6. The zero-order valence-electron chi connectivity index (χ0n) is 27.7. The van der Waals surface area contributed by atoms with Crippen LogP contribution in [0.3, 0.4) is 0 Å². The topological polar surface area (TPSA) is 129 Å². The van der Waals surface area contributed by atoms with Gasteiger partial charge in [0.25, 0.3) is 0 Å². The molecule has 0 amide bonds. The maximum absolute atomic E-state index is 5.47. The average molecular weight is 667 g/mol. The Labute approximate surface area is 276 Å². The van der Waals surface area contributed by atoms with Crippen molar-refractivity contribution in [3.63, 3.8) is 0 Å². The lowest BCUT2D eigenvalue weighted by molar-refractivity contribution is -0.0293. The highest BCUT2D eigenvalue weighted by Gasteiger charge is 1.97. The van der Waals surface area contributed by atoms with Crippen LogP contribution in [0.15, 0.2) is 0 Å². The van der Waals surface area contributed by atoms with E-state index in [0.29, 0.717) is 185 Å². The molecule has 0 saturated heterocycles. The lowest BCUT2D eigenvalue weighted by Gasteiger charge is -2.09. The van der Waals surface area contributed by atoms with Gasteiger partial charge >= 0.3 is 0 Å². The molecule has 0 aromatic carbocycles. The van der Waals surface area contributed by atoms with Crippen molar-refractivity contribution < 1.29 is 66.3 Å². The van der Waals surface area contributed by atoms with Gasteiger partial charge in [-0.15, -0.1) is 12.8 Å². The van der Waals surface area contributed by atoms with E-state index in [2.05, 4.69) is 11.8 Å². The number of hydrogen-bond acceptors (Lipinski definition) is 14. The smallest absolute Gasteiger partial charge is 0.107 e. The molecule has 14 nitrogen and oxygen atoms in total. The summed E-state index contributed by atoms with van der Waals surface area (Å²) in [5.41, 5.74) is 0. The van der Waals surface area contributed by atoms with E-state index in [4.69, 9.17) is 79.2 Å². The normalized spacial score (nSPS) is 11.2. The van der Waals surface area contributed by atoms with Gasteiger partial charge in [0, 0.05) is 0 Å². The second-order valence-corrected chi connectivity index (χ2v) is 8.86. The highest BCUT2D eigenvalue weighted by Crippen LogP contribution is 1.88. The van der Waals surface area contributed by atoms with E-state index in [1.807, 2.05) is 0 Å². The first-order chi connectivity index (χ1) is 22.9. The molecule has 0 rings (SSSR count). The largest absolute Gasteiger partial charge is 0.377 e. The quantitative estimate of drug-likeness (QED) is 0.0663. The van der Waals surface area contributed by atoms with Crippen LogP contribution in [0.2, 0.25) is 0 Å². The van der Waals surface area contributed by atoms with Crippen LogP contribution in [0.5, 0.6) is 0 Å². The SMILES string of the molecule is C#CCOCCOCCOCCOCCOCCOCCOCCOCCOCCOCCOCCOCCOCCOCC#C. The molecule has 0 aliphatic rings. The van der Waals surface area contributed by atoms with Crippen molar-refractivity contribution in [2.45, 2.75) is 0 Å². The molecule has 0 bridgehead atoms. The molecule has 0 fully saturated rings. The summed E-state index contributed by atoms with van der Waals surface area (Å²) in [7, 11) is 0. The zero-order valence-corrected chi connectivity index (χ0v) is 27.7. The van der Waals surface area contributed by atoms with Crippen molar-refractivity contribution in [2.75, 3.05) is 185 Å². The molecule has 0 atom stereocenters. The van der Waals surface area contributed by atoms with Crippen LogP contribution >= 0.6 is 0 Å². The van der Waals surface area contributed by atoms with Crippen molar-refractivity contribution in [2.24, 2.45) is 0 Å². The second-order valence-electron chi connectivity index (χ2n) is 8.86. The summed E-state index contributed by atoms with van der Waals surface area (Å²) in [6.07, 6.45) is 10.2. The molecule has 0 aromatic heterocycles. The molecule has 0 N–H and O–H groups in total. The van der Waals surface area contributed by atoms with Crippen LogP contribution in [-0.2, 0) is 66.3 Å². The summed E-state index contributed by atoms with van der Waals surface area (Å²) >= 11 is 0. The molecule has 270 valence electrons. The van der Waals surface area contributed by atoms with Gasteiger partial charge in [-0.3, -0.25) is 0 Å². The van der Waals surface area contributed by atoms with E-state index >= 15 is 0 Å². The molecular weight excluding hydrogens is 608 g/mol. The first-order valence-corrected chi connectivity index (χ1v) is 15.9. The molecule has 46 heavy (non-hydrogen) atoms. The number of hydrogen-bond donors (Lipinski definition) is 0. The monoisotopic (exact) mass is 666 g/mol. The van der Waals surface area contributed by atoms with Crippen molar-refractivity contribution >= 4 is 0 Å². The third kappa shape index (κ3) is 42.6. The molecule has 0 saturated carbocycles. The molecule has 0 aliphatic heterocycles. The number of rotatable bonds is 41. The van der Waals surface area contributed by atoms with Crippen LogP contribution in [0, 0.1) is 24.7 Å². The van der Waals surface area contributed by atoms with E-state index in [0.717, 1.165) is 0 Å².